The topological polar surface area (TPSA) is 74.8 Å². The molecule has 2 heterocycles. The molecule has 0 aliphatic heterocycles. The van der Waals surface area contributed by atoms with Crippen LogP contribution in [0, 0.1) is 0 Å². The monoisotopic (exact) mass is 668 g/mol. The number of benzene rings is 2. The maximum Gasteiger partial charge on any atom is 0.573 e. The average Bonchev–Trinajstić information content (AvgIpc) is 3.43. The summed E-state index contributed by atoms with van der Waals surface area (Å²) < 4.78 is 84.6. The first-order valence-electron chi connectivity index (χ1n) is 12.1. The van der Waals surface area contributed by atoms with Gasteiger partial charge in [0.05, 0.1) is 20.4 Å². The lowest BCUT2D eigenvalue weighted by molar-refractivity contribution is -0.275. The van der Waals surface area contributed by atoms with Gasteiger partial charge in [0.1, 0.15) is 11.5 Å². The molecule has 0 saturated carbocycles. The Kier molecular flexibility index (Phi) is 9.49. The molecule has 8 nitrogen and oxygen atoms in total. The lowest BCUT2D eigenvalue weighted by Crippen LogP contribution is -2.55. The quantitative estimate of drug-likeness (QED) is 0.115. The molecule has 0 aliphatic carbocycles. The smallest absolute Gasteiger partial charge is 0.406 e. The second-order valence-electron chi connectivity index (χ2n) is 8.81. The minimum atomic E-state index is -4.82. The number of alkyl halides is 6. The van der Waals surface area contributed by atoms with Gasteiger partial charge in [0.2, 0.25) is 0 Å². The second kappa shape index (κ2) is 12.6. The molecule has 2 N–H and O–H groups in total. The van der Waals surface area contributed by atoms with E-state index in [1.807, 2.05) is 20.8 Å². The first-order chi connectivity index (χ1) is 19.6. The largest absolute Gasteiger partial charge is 0.573 e. The van der Waals surface area contributed by atoms with Crippen LogP contribution in [0.5, 0.6) is 11.5 Å². The van der Waals surface area contributed by atoms with Gasteiger partial charge in [-0.2, -0.15) is 0 Å². The zero-order chi connectivity index (χ0) is 30.8. The number of nitrogens with one attached hydrogen (secondary N) is 2. The van der Waals surface area contributed by atoms with Crippen LogP contribution in [0.1, 0.15) is 27.2 Å². The van der Waals surface area contributed by atoms with Gasteiger partial charge in [-0.25, -0.2) is 9.97 Å². The van der Waals surface area contributed by atoms with E-state index in [4.69, 9.17) is 24.4 Å². The predicted molar refractivity (Wildman–Crippen MR) is 159 cm³/mol. The van der Waals surface area contributed by atoms with Crippen molar-refractivity contribution < 1.29 is 35.8 Å². The Morgan fingerprint density at radius 1 is 0.833 bits per heavy atom. The number of rotatable bonds is 7. The van der Waals surface area contributed by atoms with Gasteiger partial charge in [-0.1, -0.05) is 29.6 Å². The van der Waals surface area contributed by atoms with Crippen molar-refractivity contribution in [2.24, 2.45) is 0 Å². The Morgan fingerprint density at radius 2 is 1.29 bits per heavy atom. The number of fused-ring (bicyclic) bond motifs is 2. The molecule has 42 heavy (non-hydrogen) atoms. The van der Waals surface area contributed by atoms with Crippen LogP contribution < -0.4 is 20.1 Å². The molecule has 0 fully saturated rings. The summed E-state index contributed by atoms with van der Waals surface area (Å²) in [5, 5.41) is 10.7. The first-order valence-corrected chi connectivity index (χ1v) is 14.6. The number of thiazole rings is 2. The minimum Gasteiger partial charge on any atom is -0.406 e. The number of hydrogen-bond donors (Lipinski definition) is 2. The molecule has 0 saturated heterocycles. The molecule has 2 aromatic heterocycles. The van der Waals surface area contributed by atoms with Crippen LogP contribution in [0.15, 0.2) is 36.4 Å². The molecular formula is C24H22F6N6O2S4. The van der Waals surface area contributed by atoms with E-state index in [0.717, 1.165) is 22.7 Å². The van der Waals surface area contributed by atoms with Crippen molar-refractivity contribution in [3.05, 3.63) is 36.4 Å². The number of halogens is 6. The van der Waals surface area contributed by atoms with Gasteiger partial charge in [0.15, 0.2) is 20.5 Å². The van der Waals surface area contributed by atoms with Crippen molar-refractivity contribution in [2.45, 2.75) is 46.0 Å². The maximum absolute atomic E-state index is 12.6. The molecule has 4 rings (SSSR count). The second-order valence-corrected chi connectivity index (χ2v) is 11.6. The summed E-state index contributed by atoms with van der Waals surface area (Å²) in [6.07, 6.45) is -8.96. The van der Waals surface area contributed by atoms with Gasteiger partial charge in [-0.15, -0.1) is 26.3 Å². The summed E-state index contributed by atoms with van der Waals surface area (Å²) in [5.74, 6) is -0.720. The standard InChI is InChI=1S/C24H22F6N6O2S4/c1-4-9-35(21(39)33-19-31-15-7-5-13(10-17(15)41-19)37-23(25,26)27)36(12(2)3)22(40)34-20-32-16-8-6-14(11-18(16)42-20)38-24(28,29)30/h5-8,10-12H,4,9H2,1-3H3,(H,31,33,39)(H,32,34,40). The van der Waals surface area contributed by atoms with E-state index in [0.29, 0.717) is 43.7 Å². The minimum absolute atomic E-state index is 0.199. The highest BCUT2D eigenvalue weighted by molar-refractivity contribution is 7.81. The van der Waals surface area contributed by atoms with E-state index in [-0.39, 0.29) is 27.8 Å². The summed E-state index contributed by atoms with van der Waals surface area (Å²) in [6, 6.07) is 7.48. The summed E-state index contributed by atoms with van der Waals surface area (Å²) in [5.41, 5.74) is 0.914. The fourth-order valence-electron chi connectivity index (χ4n) is 3.76. The van der Waals surface area contributed by atoms with Crippen LogP contribution in [0.3, 0.4) is 0 Å². The van der Waals surface area contributed by atoms with Crippen molar-refractivity contribution in [3.8, 4) is 11.5 Å². The predicted octanol–water partition coefficient (Wildman–Crippen LogP) is 8.13. The van der Waals surface area contributed by atoms with E-state index >= 15 is 0 Å². The number of hydrogen-bond acceptors (Lipinski definition) is 8. The number of nitrogens with zero attached hydrogens (tertiary/aromatic N) is 4. The van der Waals surface area contributed by atoms with E-state index < -0.39 is 12.7 Å². The van der Waals surface area contributed by atoms with Crippen molar-refractivity contribution in [3.63, 3.8) is 0 Å². The van der Waals surface area contributed by atoms with Gasteiger partial charge in [-0.05, 0) is 69.0 Å². The number of thiocarbonyl (C=S) groups is 2. The normalized spacial score (nSPS) is 12.0. The van der Waals surface area contributed by atoms with E-state index in [1.165, 1.54) is 36.4 Å². The van der Waals surface area contributed by atoms with Crippen molar-refractivity contribution >= 4 is 88.0 Å². The molecule has 18 heteroatoms. The Bertz CT molecular complexity index is 1590. The Hall–Kier alpha value is -3.22. The van der Waals surface area contributed by atoms with Crippen LogP contribution in [0.2, 0.25) is 0 Å². The fraction of sp³-hybridized carbons (Fsp3) is 0.333. The Balaban J connectivity index is 1.51. The molecule has 2 aromatic carbocycles. The first kappa shape index (κ1) is 31.7. The third-order valence-corrected chi connectivity index (χ3v) is 7.71. The number of hydrazine groups is 1. The molecule has 0 amide bonds. The number of aromatic nitrogens is 2. The van der Waals surface area contributed by atoms with E-state index in [9.17, 15) is 26.3 Å². The zero-order valence-electron chi connectivity index (χ0n) is 22.0. The lowest BCUT2D eigenvalue weighted by atomic mass is 10.3. The van der Waals surface area contributed by atoms with Crippen LogP contribution in [0.25, 0.3) is 20.4 Å². The van der Waals surface area contributed by atoms with Crippen molar-refractivity contribution in [2.75, 3.05) is 17.2 Å². The van der Waals surface area contributed by atoms with Gasteiger partial charge >= 0.3 is 12.7 Å². The molecule has 226 valence electrons. The molecule has 0 radical (unpaired) electrons. The highest BCUT2D eigenvalue weighted by atomic mass is 32.1. The summed E-state index contributed by atoms with van der Waals surface area (Å²) in [7, 11) is 0. The van der Waals surface area contributed by atoms with Gasteiger partial charge in [-0.3, -0.25) is 10.0 Å². The summed E-state index contributed by atoms with van der Waals surface area (Å²) in [4.78, 5) is 8.81. The molecule has 0 bridgehead atoms. The van der Waals surface area contributed by atoms with Gasteiger partial charge < -0.3 is 20.1 Å². The molecule has 0 aliphatic rings. The SMILES string of the molecule is CCCN(C(=S)Nc1nc2ccc(OC(F)(F)F)cc2s1)N(C(=S)Nc1nc2ccc(OC(F)(F)F)cc2s1)C(C)C. The maximum atomic E-state index is 12.6. The van der Waals surface area contributed by atoms with Crippen LogP contribution >= 0.6 is 47.1 Å². The van der Waals surface area contributed by atoms with Crippen LogP contribution in [0.4, 0.5) is 36.6 Å². The summed E-state index contributed by atoms with van der Waals surface area (Å²) in [6.45, 7) is 6.16. The fourth-order valence-corrected chi connectivity index (χ4v) is 6.36. The third kappa shape index (κ3) is 8.20. The molecule has 0 spiro atoms. The van der Waals surface area contributed by atoms with E-state index in [2.05, 4.69) is 30.1 Å². The third-order valence-electron chi connectivity index (χ3n) is 5.24. The lowest BCUT2D eigenvalue weighted by Gasteiger charge is -2.40. The summed E-state index contributed by atoms with van der Waals surface area (Å²) >= 11 is 13.6. The number of ether oxygens (including phenoxy) is 2. The van der Waals surface area contributed by atoms with E-state index in [1.54, 1.807) is 10.0 Å². The van der Waals surface area contributed by atoms with Crippen molar-refractivity contribution in [1.82, 2.24) is 20.0 Å². The average molecular weight is 669 g/mol. The molecular weight excluding hydrogens is 647 g/mol. The van der Waals surface area contributed by atoms with Gasteiger partial charge in [0.25, 0.3) is 0 Å². The van der Waals surface area contributed by atoms with Crippen LogP contribution in [-0.4, -0.2) is 55.5 Å². The molecule has 0 atom stereocenters. The Labute approximate surface area is 254 Å². The van der Waals surface area contributed by atoms with Crippen LogP contribution in [-0.2, 0) is 0 Å². The highest BCUT2D eigenvalue weighted by Gasteiger charge is 2.32. The zero-order valence-corrected chi connectivity index (χ0v) is 25.2. The number of anilines is 2. The van der Waals surface area contributed by atoms with Gasteiger partial charge in [0, 0.05) is 24.7 Å². The van der Waals surface area contributed by atoms with Crippen molar-refractivity contribution in [1.29, 1.82) is 0 Å². The molecule has 4 aromatic rings. The molecule has 0 unspecified atom stereocenters. The Morgan fingerprint density at radius 3 is 1.69 bits per heavy atom. The highest BCUT2D eigenvalue weighted by Crippen LogP contribution is 2.33.